The lowest BCUT2D eigenvalue weighted by atomic mass is 9.61. The Morgan fingerprint density at radius 2 is 2.11 bits per heavy atom. The summed E-state index contributed by atoms with van der Waals surface area (Å²) in [7, 11) is 0. The third-order valence-electron chi connectivity index (χ3n) is 3.63. The van der Waals surface area contributed by atoms with E-state index in [1.807, 2.05) is 20.8 Å². The maximum Gasteiger partial charge on any atom is 0.236 e. The van der Waals surface area contributed by atoms with E-state index < -0.39 is 5.41 Å². The van der Waals surface area contributed by atoms with Gasteiger partial charge in [0.05, 0.1) is 6.61 Å². The van der Waals surface area contributed by atoms with Crippen LogP contribution in [0.25, 0.3) is 0 Å². The number of carbonyl (C=O) groups excluding carboxylic acids is 1. The molecule has 0 aromatic heterocycles. The van der Waals surface area contributed by atoms with Gasteiger partial charge in [-0.1, -0.05) is 12.1 Å². The van der Waals surface area contributed by atoms with Gasteiger partial charge < -0.3 is 20.9 Å². The Bertz CT molecular complexity index is 335. The summed E-state index contributed by atoms with van der Waals surface area (Å²) in [6.45, 7) is 5.98. The molecular formula is C12H23N3O3. The summed E-state index contributed by atoms with van der Waals surface area (Å²) in [5, 5.41) is 20.9. The molecule has 1 saturated carbocycles. The van der Waals surface area contributed by atoms with Crippen molar-refractivity contribution in [3.63, 3.8) is 0 Å². The first-order valence-electron chi connectivity index (χ1n) is 6.29. The van der Waals surface area contributed by atoms with Gasteiger partial charge in [0.2, 0.25) is 5.91 Å². The summed E-state index contributed by atoms with van der Waals surface area (Å²) in [4.78, 5) is 14.2. The van der Waals surface area contributed by atoms with Crippen molar-refractivity contribution >= 4 is 11.7 Å². The van der Waals surface area contributed by atoms with E-state index in [0.717, 1.165) is 0 Å². The van der Waals surface area contributed by atoms with Gasteiger partial charge in [0.1, 0.15) is 5.41 Å². The van der Waals surface area contributed by atoms with E-state index in [9.17, 15) is 4.79 Å². The van der Waals surface area contributed by atoms with Crippen LogP contribution in [0.4, 0.5) is 0 Å². The highest BCUT2D eigenvalue weighted by Crippen LogP contribution is 2.47. The summed E-state index contributed by atoms with van der Waals surface area (Å²) in [5.74, 6) is 0.214. The summed E-state index contributed by atoms with van der Waals surface area (Å²) in [5.41, 5.74) is 4.82. The van der Waals surface area contributed by atoms with Gasteiger partial charge in [-0.05, 0) is 32.6 Å². The summed E-state index contributed by atoms with van der Waals surface area (Å²) in [6.07, 6.45) is 1.19. The lowest BCUT2D eigenvalue weighted by molar-refractivity contribution is -0.146. The maximum atomic E-state index is 12.6. The first-order valence-corrected chi connectivity index (χ1v) is 6.29. The fourth-order valence-corrected chi connectivity index (χ4v) is 2.70. The van der Waals surface area contributed by atoms with Crippen LogP contribution in [0.15, 0.2) is 5.16 Å². The first kappa shape index (κ1) is 14.8. The Morgan fingerprint density at radius 1 is 1.56 bits per heavy atom. The standard InChI is InChI=1S/C12H23N3O3/c1-8(2)15(4-5-16)11(17)12(10(13)14-18)6-9(3)7-12/h8-9,16,18H,4-7H2,1-3H3,(H2,13,14). The molecule has 0 atom stereocenters. The van der Waals surface area contributed by atoms with Gasteiger partial charge in [0, 0.05) is 12.6 Å². The van der Waals surface area contributed by atoms with E-state index in [1.54, 1.807) is 4.90 Å². The SMILES string of the molecule is CC1CC(C(=O)N(CCO)C(C)C)(C(N)=NO)C1. The van der Waals surface area contributed by atoms with Crippen LogP contribution in [0.1, 0.15) is 33.6 Å². The molecule has 1 rings (SSSR count). The largest absolute Gasteiger partial charge is 0.409 e. The molecule has 0 aliphatic heterocycles. The Hall–Kier alpha value is -1.30. The molecule has 104 valence electrons. The van der Waals surface area contributed by atoms with E-state index in [1.165, 1.54) is 0 Å². The van der Waals surface area contributed by atoms with Crippen molar-refractivity contribution in [1.29, 1.82) is 0 Å². The Labute approximate surface area is 107 Å². The average molecular weight is 257 g/mol. The number of aliphatic hydroxyl groups is 1. The lowest BCUT2D eigenvalue weighted by Gasteiger charge is -2.47. The second kappa shape index (κ2) is 5.56. The van der Waals surface area contributed by atoms with Gasteiger partial charge >= 0.3 is 0 Å². The third-order valence-corrected chi connectivity index (χ3v) is 3.63. The van der Waals surface area contributed by atoms with E-state index in [-0.39, 0.29) is 30.9 Å². The number of amidine groups is 1. The molecule has 1 amide bonds. The highest BCUT2D eigenvalue weighted by Gasteiger charge is 2.53. The van der Waals surface area contributed by atoms with Crippen LogP contribution in [-0.4, -0.2) is 46.1 Å². The van der Waals surface area contributed by atoms with E-state index in [4.69, 9.17) is 16.0 Å². The molecule has 18 heavy (non-hydrogen) atoms. The summed E-state index contributed by atoms with van der Waals surface area (Å²) < 4.78 is 0. The molecule has 1 fully saturated rings. The number of oxime groups is 1. The first-order chi connectivity index (χ1) is 8.39. The quantitative estimate of drug-likeness (QED) is 0.287. The van der Waals surface area contributed by atoms with Crippen LogP contribution < -0.4 is 5.73 Å². The minimum absolute atomic E-state index is 0.0193. The molecule has 6 heteroatoms. The Kier molecular flexibility index (Phi) is 4.56. The predicted molar refractivity (Wildman–Crippen MR) is 68.2 cm³/mol. The second-order valence-corrected chi connectivity index (χ2v) is 5.40. The van der Waals surface area contributed by atoms with Gasteiger partial charge in [-0.2, -0.15) is 0 Å². The number of carbonyl (C=O) groups is 1. The van der Waals surface area contributed by atoms with Crippen molar-refractivity contribution in [2.75, 3.05) is 13.2 Å². The molecule has 4 N–H and O–H groups in total. The zero-order valence-electron chi connectivity index (χ0n) is 11.3. The smallest absolute Gasteiger partial charge is 0.236 e. The number of nitrogens with two attached hydrogens (primary N) is 1. The van der Waals surface area contributed by atoms with Crippen LogP contribution in [0.3, 0.4) is 0 Å². The molecule has 0 heterocycles. The van der Waals surface area contributed by atoms with Gasteiger partial charge in [0.15, 0.2) is 5.84 Å². The molecule has 0 saturated heterocycles. The normalized spacial score (nSPS) is 28.1. The second-order valence-electron chi connectivity index (χ2n) is 5.40. The number of aliphatic hydroxyl groups excluding tert-OH is 1. The van der Waals surface area contributed by atoms with E-state index in [2.05, 4.69) is 5.16 Å². The molecule has 6 nitrogen and oxygen atoms in total. The van der Waals surface area contributed by atoms with Crippen LogP contribution in [0.2, 0.25) is 0 Å². The molecular weight excluding hydrogens is 234 g/mol. The minimum atomic E-state index is -0.881. The predicted octanol–water partition coefficient (Wildman–Crippen LogP) is 0.378. The van der Waals surface area contributed by atoms with Gasteiger partial charge in [-0.15, -0.1) is 0 Å². The van der Waals surface area contributed by atoms with E-state index >= 15 is 0 Å². The maximum absolute atomic E-state index is 12.6. The van der Waals surface area contributed by atoms with Gasteiger partial charge in [-0.25, -0.2) is 0 Å². The van der Waals surface area contributed by atoms with Crippen molar-refractivity contribution < 1.29 is 15.1 Å². The van der Waals surface area contributed by atoms with Crippen LogP contribution in [0.5, 0.6) is 0 Å². The fraction of sp³-hybridized carbons (Fsp3) is 0.833. The van der Waals surface area contributed by atoms with Crippen LogP contribution in [-0.2, 0) is 4.79 Å². The molecule has 0 spiro atoms. The van der Waals surface area contributed by atoms with Gasteiger partial charge in [0.25, 0.3) is 0 Å². The zero-order chi connectivity index (χ0) is 13.9. The minimum Gasteiger partial charge on any atom is -0.409 e. The lowest BCUT2D eigenvalue weighted by Crippen LogP contribution is -2.59. The Morgan fingerprint density at radius 3 is 2.44 bits per heavy atom. The number of hydrogen-bond acceptors (Lipinski definition) is 4. The van der Waals surface area contributed by atoms with Crippen molar-refractivity contribution in [1.82, 2.24) is 4.90 Å². The van der Waals surface area contributed by atoms with Crippen molar-refractivity contribution in [2.24, 2.45) is 22.2 Å². The van der Waals surface area contributed by atoms with Crippen molar-refractivity contribution in [3.05, 3.63) is 0 Å². The molecule has 0 aromatic rings. The highest BCUT2D eigenvalue weighted by atomic mass is 16.4. The number of hydrogen-bond donors (Lipinski definition) is 3. The van der Waals surface area contributed by atoms with Crippen LogP contribution >= 0.6 is 0 Å². The highest BCUT2D eigenvalue weighted by molar-refractivity contribution is 6.07. The Balaban J connectivity index is 2.96. The number of nitrogens with zero attached hydrogens (tertiary/aromatic N) is 2. The molecule has 0 radical (unpaired) electrons. The van der Waals surface area contributed by atoms with Crippen molar-refractivity contribution in [2.45, 2.75) is 39.7 Å². The van der Waals surface area contributed by atoms with E-state index in [0.29, 0.717) is 18.8 Å². The fourth-order valence-electron chi connectivity index (χ4n) is 2.70. The third kappa shape index (κ3) is 2.43. The molecule has 0 bridgehead atoms. The van der Waals surface area contributed by atoms with Gasteiger partial charge in [-0.3, -0.25) is 4.79 Å². The zero-order valence-corrected chi connectivity index (χ0v) is 11.3. The molecule has 0 aromatic carbocycles. The average Bonchev–Trinajstić information content (AvgIpc) is 2.29. The summed E-state index contributed by atoms with van der Waals surface area (Å²) in [6, 6.07) is -0.0241. The molecule has 1 aliphatic rings. The summed E-state index contributed by atoms with van der Waals surface area (Å²) >= 11 is 0. The number of rotatable bonds is 5. The topological polar surface area (TPSA) is 99.2 Å². The monoisotopic (exact) mass is 257 g/mol. The van der Waals surface area contributed by atoms with Crippen molar-refractivity contribution in [3.8, 4) is 0 Å². The van der Waals surface area contributed by atoms with Crippen LogP contribution in [0, 0.1) is 11.3 Å². The molecule has 0 unspecified atom stereocenters. The number of amides is 1. The molecule has 1 aliphatic carbocycles.